The van der Waals surface area contributed by atoms with E-state index in [1.807, 2.05) is 50.2 Å². The average molecular weight is 273 g/mol. The normalized spacial score (nSPS) is 10.8. The number of rotatable bonds is 5. The van der Waals surface area contributed by atoms with Gasteiger partial charge in [0.05, 0.1) is 0 Å². The molecule has 1 aromatic carbocycles. The van der Waals surface area contributed by atoms with E-state index < -0.39 is 0 Å². The number of hydrogen-bond donors (Lipinski definition) is 2. The molecule has 2 rings (SSSR count). The van der Waals surface area contributed by atoms with Gasteiger partial charge in [-0.2, -0.15) is 0 Å². The number of anilines is 1. The Morgan fingerprint density at radius 3 is 2.75 bits per heavy atom. The molecule has 0 atom stereocenters. The van der Waals surface area contributed by atoms with Crippen LogP contribution in [0.4, 0.5) is 5.69 Å². The summed E-state index contributed by atoms with van der Waals surface area (Å²) >= 11 is 0. The number of aromatic amines is 1. The fourth-order valence-electron chi connectivity index (χ4n) is 1.85. The van der Waals surface area contributed by atoms with E-state index in [0.29, 0.717) is 5.82 Å². The Bertz CT molecular complexity index is 591. The Kier molecular flexibility index (Phi) is 4.47. The van der Waals surface area contributed by atoms with Crippen molar-refractivity contribution in [1.82, 2.24) is 20.1 Å². The number of amides is 1. The van der Waals surface area contributed by atoms with Crippen molar-refractivity contribution >= 4 is 11.6 Å². The molecule has 0 unspecified atom stereocenters. The second-order valence-corrected chi connectivity index (χ2v) is 4.81. The first-order valence-corrected chi connectivity index (χ1v) is 6.55. The van der Waals surface area contributed by atoms with Crippen LogP contribution in [0, 0.1) is 0 Å². The first kappa shape index (κ1) is 14.2. The molecule has 2 aromatic rings. The van der Waals surface area contributed by atoms with Crippen LogP contribution in [0.2, 0.25) is 0 Å². The van der Waals surface area contributed by atoms with Crippen LogP contribution in [0.5, 0.6) is 0 Å². The number of benzene rings is 1. The topological polar surface area (TPSA) is 73.9 Å². The fourth-order valence-corrected chi connectivity index (χ4v) is 1.85. The van der Waals surface area contributed by atoms with Gasteiger partial charge in [-0.1, -0.05) is 25.1 Å². The molecule has 1 amide bonds. The Morgan fingerprint density at radius 1 is 1.35 bits per heavy atom. The van der Waals surface area contributed by atoms with Crippen molar-refractivity contribution in [3.05, 3.63) is 41.5 Å². The standard InChI is InChI=1S/C14H19N5O/c1-4-12-16-13(18-17-12)14(20)15-11-8-6-5-7-10(11)9-19(2)3/h5-8H,4,9H2,1-3H3,(H,15,20)(H,16,17,18). The number of aryl methyl sites for hydroxylation is 1. The first-order chi connectivity index (χ1) is 9.60. The second-order valence-electron chi connectivity index (χ2n) is 4.81. The predicted octanol–water partition coefficient (Wildman–Crippen LogP) is 1.68. The Balaban J connectivity index is 2.15. The zero-order valence-corrected chi connectivity index (χ0v) is 12.0. The van der Waals surface area contributed by atoms with E-state index in [1.165, 1.54) is 0 Å². The molecule has 0 saturated heterocycles. The third kappa shape index (κ3) is 3.42. The maximum Gasteiger partial charge on any atom is 0.295 e. The molecule has 0 radical (unpaired) electrons. The van der Waals surface area contributed by atoms with Crippen molar-refractivity contribution in [2.75, 3.05) is 19.4 Å². The highest BCUT2D eigenvalue weighted by molar-refractivity contribution is 6.01. The zero-order chi connectivity index (χ0) is 14.5. The number of carbonyl (C=O) groups is 1. The zero-order valence-electron chi connectivity index (χ0n) is 12.0. The van der Waals surface area contributed by atoms with Crippen molar-refractivity contribution in [2.24, 2.45) is 0 Å². The molecule has 20 heavy (non-hydrogen) atoms. The van der Waals surface area contributed by atoms with Crippen molar-refractivity contribution in [3.8, 4) is 0 Å². The minimum absolute atomic E-state index is 0.168. The number of H-pyrrole nitrogens is 1. The quantitative estimate of drug-likeness (QED) is 0.869. The molecule has 0 fully saturated rings. The van der Waals surface area contributed by atoms with E-state index in [1.54, 1.807) is 0 Å². The van der Waals surface area contributed by atoms with Crippen LogP contribution in [0.3, 0.4) is 0 Å². The molecule has 0 aliphatic carbocycles. The minimum atomic E-state index is -0.299. The lowest BCUT2D eigenvalue weighted by Crippen LogP contribution is -2.17. The van der Waals surface area contributed by atoms with Gasteiger partial charge in [0.2, 0.25) is 5.82 Å². The summed E-state index contributed by atoms with van der Waals surface area (Å²) in [5, 5.41) is 9.51. The maximum atomic E-state index is 12.1. The van der Waals surface area contributed by atoms with Crippen LogP contribution in [0.1, 0.15) is 28.9 Å². The van der Waals surface area contributed by atoms with Crippen molar-refractivity contribution in [3.63, 3.8) is 0 Å². The van der Waals surface area contributed by atoms with Crippen LogP contribution < -0.4 is 5.32 Å². The molecule has 0 aliphatic heterocycles. The van der Waals surface area contributed by atoms with Crippen LogP contribution in [0.15, 0.2) is 24.3 Å². The molecule has 1 heterocycles. The summed E-state index contributed by atoms with van der Waals surface area (Å²) in [5.41, 5.74) is 1.84. The van der Waals surface area contributed by atoms with Gasteiger partial charge in [0, 0.05) is 18.7 Å². The number of hydrogen-bond acceptors (Lipinski definition) is 4. The maximum absolute atomic E-state index is 12.1. The number of nitrogens with zero attached hydrogens (tertiary/aromatic N) is 3. The lowest BCUT2D eigenvalue weighted by Gasteiger charge is -2.14. The summed E-state index contributed by atoms with van der Waals surface area (Å²) in [6.45, 7) is 2.71. The SMILES string of the molecule is CCc1nc(C(=O)Nc2ccccc2CN(C)C)n[nH]1. The van der Waals surface area contributed by atoms with Gasteiger partial charge in [-0.05, 0) is 25.7 Å². The monoisotopic (exact) mass is 273 g/mol. The number of carbonyl (C=O) groups excluding carboxylic acids is 1. The van der Waals surface area contributed by atoms with Crippen molar-refractivity contribution in [1.29, 1.82) is 0 Å². The van der Waals surface area contributed by atoms with Gasteiger partial charge >= 0.3 is 0 Å². The highest BCUT2D eigenvalue weighted by Gasteiger charge is 2.13. The van der Waals surface area contributed by atoms with E-state index in [2.05, 4.69) is 20.5 Å². The van der Waals surface area contributed by atoms with E-state index in [9.17, 15) is 4.79 Å². The molecule has 1 aromatic heterocycles. The van der Waals surface area contributed by atoms with Crippen LogP contribution in [-0.4, -0.2) is 40.1 Å². The fraction of sp³-hybridized carbons (Fsp3) is 0.357. The summed E-state index contributed by atoms with van der Waals surface area (Å²) in [4.78, 5) is 18.3. The molecular formula is C14H19N5O. The van der Waals surface area contributed by atoms with Crippen LogP contribution >= 0.6 is 0 Å². The molecule has 0 bridgehead atoms. The van der Waals surface area contributed by atoms with Gasteiger partial charge in [0.15, 0.2) is 0 Å². The number of para-hydroxylation sites is 1. The van der Waals surface area contributed by atoms with Crippen molar-refractivity contribution in [2.45, 2.75) is 19.9 Å². The molecule has 6 nitrogen and oxygen atoms in total. The smallest absolute Gasteiger partial charge is 0.295 e. The lowest BCUT2D eigenvalue weighted by atomic mass is 10.1. The molecule has 0 spiro atoms. The molecule has 6 heteroatoms. The summed E-state index contributed by atoms with van der Waals surface area (Å²) in [7, 11) is 3.97. The van der Waals surface area contributed by atoms with Gasteiger partial charge in [0.25, 0.3) is 5.91 Å². The number of nitrogens with one attached hydrogen (secondary N) is 2. The van der Waals surface area contributed by atoms with Crippen molar-refractivity contribution < 1.29 is 4.79 Å². The lowest BCUT2D eigenvalue weighted by molar-refractivity contribution is 0.101. The highest BCUT2D eigenvalue weighted by atomic mass is 16.2. The first-order valence-electron chi connectivity index (χ1n) is 6.55. The molecular weight excluding hydrogens is 254 g/mol. The average Bonchev–Trinajstić information content (AvgIpc) is 2.89. The van der Waals surface area contributed by atoms with Gasteiger partial charge in [-0.3, -0.25) is 9.89 Å². The Morgan fingerprint density at radius 2 is 2.10 bits per heavy atom. The minimum Gasteiger partial charge on any atom is -0.319 e. The van der Waals surface area contributed by atoms with Gasteiger partial charge < -0.3 is 10.2 Å². The summed E-state index contributed by atoms with van der Waals surface area (Å²) in [5.74, 6) is 0.574. The molecule has 0 saturated carbocycles. The summed E-state index contributed by atoms with van der Waals surface area (Å²) in [6.07, 6.45) is 0.720. The van der Waals surface area contributed by atoms with E-state index >= 15 is 0 Å². The Hall–Kier alpha value is -2.21. The van der Waals surface area contributed by atoms with Crippen LogP contribution in [0.25, 0.3) is 0 Å². The largest absolute Gasteiger partial charge is 0.319 e. The molecule has 106 valence electrons. The van der Waals surface area contributed by atoms with E-state index in [0.717, 1.165) is 24.2 Å². The Labute approximate surface area is 118 Å². The van der Waals surface area contributed by atoms with E-state index in [4.69, 9.17) is 0 Å². The third-order valence-corrected chi connectivity index (χ3v) is 2.82. The van der Waals surface area contributed by atoms with Gasteiger partial charge in [-0.25, -0.2) is 4.98 Å². The van der Waals surface area contributed by atoms with Crippen LogP contribution in [-0.2, 0) is 13.0 Å². The van der Waals surface area contributed by atoms with E-state index in [-0.39, 0.29) is 11.7 Å². The number of aromatic nitrogens is 3. The van der Waals surface area contributed by atoms with Gasteiger partial charge in [0.1, 0.15) is 5.82 Å². The summed E-state index contributed by atoms with van der Waals surface area (Å²) in [6, 6.07) is 7.72. The molecule has 0 aliphatic rings. The van der Waals surface area contributed by atoms with Gasteiger partial charge in [-0.15, -0.1) is 5.10 Å². The second kappa shape index (κ2) is 6.29. The highest BCUT2D eigenvalue weighted by Crippen LogP contribution is 2.16. The molecule has 2 N–H and O–H groups in total. The summed E-state index contributed by atoms with van der Waals surface area (Å²) < 4.78 is 0. The predicted molar refractivity (Wildman–Crippen MR) is 77.5 cm³/mol. The third-order valence-electron chi connectivity index (χ3n) is 2.82.